The average Bonchev–Trinajstić information content (AvgIpc) is 2.04. The monoisotopic (exact) mass is 200 g/mol. The largest absolute Gasteiger partial charge is 0.326 e. The first-order valence-electron chi connectivity index (χ1n) is 3.79. The second kappa shape index (κ2) is 5.56. The molecule has 0 atom stereocenters. The van der Waals surface area contributed by atoms with Gasteiger partial charge in [-0.2, -0.15) is 0 Å². The molecule has 1 rings (SSSR count). The first kappa shape index (κ1) is 11.9. The predicted octanol–water partition coefficient (Wildman–Crippen LogP) is 1.53. The van der Waals surface area contributed by atoms with Gasteiger partial charge in [-0.15, -0.1) is 12.4 Å². The third-order valence-corrected chi connectivity index (χ3v) is 1.55. The first-order valence-corrected chi connectivity index (χ1v) is 3.79. The van der Waals surface area contributed by atoms with E-state index in [1.165, 1.54) is 6.92 Å². The van der Waals surface area contributed by atoms with E-state index in [-0.39, 0.29) is 18.3 Å². The van der Waals surface area contributed by atoms with Crippen molar-refractivity contribution in [3.8, 4) is 0 Å². The zero-order valence-corrected chi connectivity index (χ0v) is 8.23. The molecule has 72 valence electrons. The molecular formula is C9H13ClN2O. The van der Waals surface area contributed by atoms with Crippen molar-refractivity contribution >= 4 is 24.0 Å². The van der Waals surface area contributed by atoms with Crippen LogP contribution in [0.4, 0.5) is 5.69 Å². The van der Waals surface area contributed by atoms with Gasteiger partial charge in [0.25, 0.3) is 0 Å². The summed E-state index contributed by atoms with van der Waals surface area (Å²) < 4.78 is 0. The molecule has 3 N–H and O–H groups in total. The van der Waals surface area contributed by atoms with E-state index < -0.39 is 0 Å². The zero-order valence-electron chi connectivity index (χ0n) is 7.41. The number of hydrogen-bond donors (Lipinski definition) is 2. The third-order valence-electron chi connectivity index (χ3n) is 1.55. The van der Waals surface area contributed by atoms with Crippen LogP contribution in [0.2, 0.25) is 0 Å². The summed E-state index contributed by atoms with van der Waals surface area (Å²) >= 11 is 0. The second-order valence-corrected chi connectivity index (χ2v) is 2.54. The molecule has 1 amide bonds. The van der Waals surface area contributed by atoms with Gasteiger partial charge in [0.05, 0.1) is 0 Å². The molecule has 0 fully saturated rings. The summed E-state index contributed by atoms with van der Waals surface area (Å²) in [5.41, 5.74) is 7.23. The fourth-order valence-electron chi connectivity index (χ4n) is 1.01. The molecule has 1 aromatic rings. The zero-order chi connectivity index (χ0) is 8.97. The summed E-state index contributed by atoms with van der Waals surface area (Å²) in [5.74, 6) is -0.0732. The van der Waals surface area contributed by atoms with Gasteiger partial charge in [0, 0.05) is 19.2 Å². The van der Waals surface area contributed by atoms with E-state index in [0.717, 1.165) is 11.3 Å². The number of benzene rings is 1. The molecule has 0 unspecified atom stereocenters. The van der Waals surface area contributed by atoms with E-state index in [2.05, 4.69) is 5.32 Å². The summed E-state index contributed by atoms with van der Waals surface area (Å²) in [6.07, 6.45) is 0. The number of para-hydroxylation sites is 1. The first-order chi connectivity index (χ1) is 5.74. The smallest absolute Gasteiger partial charge is 0.221 e. The minimum Gasteiger partial charge on any atom is -0.326 e. The summed E-state index contributed by atoms with van der Waals surface area (Å²) in [7, 11) is 0. The molecule has 0 aliphatic rings. The highest BCUT2D eigenvalue weighted by atomic mass is 35.5. The van der Waals surface area contributed by atoms with Crippen molar-refractivity contribution in [1.29, 1.82) is 0 Å². The van der Waals surface area contributed by atoms with Crippen LogP contribution in [0.25, 0.3) is 0 Å². The molecule has 0 saturated carbocycles. The fourth-order valence-corrected chi connectivity index (χ4v) is 1.01. The summed E-state index contributed by atoms with van der Waals surface area (Å²) in [5, 5.41) is 2.71. The van der Waals surface area contributed by atoms with Gasteiger partial charge in [-0.05, 0) is 11.6 Å². The molecule has 0 aliphatic carbocycles. The van der Waals surface area contributed by atoms with Crippen molar-refractivity contribution in [1.82, 2.24) is 0 Å². The van der Waals surface area contributed by atoms with Gasteiger partial charge < -0.3 is 11.1 Å². The molecule has 0 aromatic heterocycles. The number of hydrogen-bond acceptors (Lipinski definition) is 2. The van der Waals surface area contributed by atoms with Crippen LogP contribution in [0, 0.1) is 0 Å². The van der Waals surface area contributed by atoms with Gasteiger partial charge in [0.15, 0.2) is 0 Å². The fraction of sp³-hybridized carbons (Fsp3) is 0.222. The average molecular weight is 201 g/mol. The lowest BCUT2D eigenvalue weighted by Crippen LogP contribution is -2.09. The maximum Gasteiger partial charge on any atom is 0.221 e. The minimum absolute atomic E-state index is 0. The summed E-state index contributed by atoms with van der Waals surface area (Å²) in [6.45, 7) is 1.92. The van der Waals surface area contributed by atoms with Crippen molar-refractivity contribution in [3.63, 3.8) is 0 Å². The van der Waals surface area contributed by atoms with Crippen LogP contribution in [-0.4, -0.2) is 5.91 Å². The topological polar surface area (TPSA) is 55.1 Å². The summed E-state index contributed by atoms with van der Waals surface area (Å²) in [4.78, 5) is 10.7. The quantitative estimate of drug-likeness (QED) is 0.761. The van der Waals surface area contributed by atoms with Crippen molar-refractivity contribution in [2.24, 2.45) is 5.73 Å². The van der Waals surface area contributed by atoms with Gasteiger partial charge in [-0.1, -0.05) is 18.2 Å². The van der Waals surface area contributed by atoms with Crippen molar-refractivity contribution in [2.45, 2.75) is 13.5 Å². The number of carbonyl (C=O) groups excluding carboxylic acids is 1. The Hall–Kier alpha value is -1.06. The van der Waals surface area contributed by atoms with Crippen LogP contribution < -0.4 is 11.1 Å². The van der Waals surface area contributed by atoms with E-state index in [1.807, 2.05) is 24.3 Å². The molecular weight excluding hydrogens is 188 g/mol. The van der Waals surface area contributed by atoms with Gasteiger partial charge in [-0.3, -0.25) is 4.79 Å². The Labute approximate surface area is 83.7 Å². The summed E-state index contributed by atoms with van der Waals surface area (Å²) in [6, 6.07) is 7.49. The lowest BCUT2D eigenvalue weighted by atomic mass is 10.2. The van der Waals surface area contributed by atoms with Crippen LogP contribution >= 0.6 is 12.4 Å². The number of carbonyl (C=O) groups is 1. The highest BCUT2D eigenvalue weighted by Crippen LogP contribution is 2.13. The molecule has 1 aromatic carbocycles. The Morgan fingerprint density at radius 2 is 2.08 bits per heavy atom. The van der Waals surface area contributed by atoms with Crippen LogP contribution in [0.3, 0.4) is 0 Å². The molecule has 0 saturated heterocycles. The lowest BCUT2D eigenvalue weighted by Gasteiger charge is -2.06. The van der Waals surface area contributed by atoms with E-state index in [9.17, 15) is 4.79 Å². The van der Waals surface area contributed by atoms with Crippen LogP contribution in [0.15, 0.2) is 24.3 Å². The molecule has 13 heavy (non-hydrogen) atoms. The molecule has 0 radical (unpaired) electrons. The van der Waals surface area contributed by atoms with E-state index in [1.54, 1.807) is 0 Å². The number of nitrogens with one attached hydrogen (secondary N) is 1. The molecule has 3 nitrogen and oxygen atoms in total. The standard InChI is InChI=1S/C9H12N2O.ClH/c1-7(12)11-9-5-3-2-4-8(9)6-10;/h2-5H,6,10H2,1H3,(H,11,12);1H. The van der Waals surface area contributed by atoms with E-state index in [0.29, 0.717) is 6.54 Å². The Morgan fingerprint density at radius 3 is 2.62 bits per heavy atom. The maximum atomic E-state index is 10.7. The van der Waals surface area contributed by atoms with Crippen molar-refractivity contribution < 1.29 is 4.79 Å². The van der Waals surface area contributed by atoms with E-state index >= 15 is 0 Å². The number of halogens is 1. The Bertz CT molecular complexity index is 289. The SMILES string of the molecule is CC(=O)Nc1ccccc1CN.Cl. The van der Waals surface area contributed by atoms with Gasteiger partial charge in [-0.25, -0.2) is 0 Å². The van der Waals surface area contributed by atoms with Crippen molar-refractivity contribution in [3.05, 3.63) is 29.8 Å². The highest BCUT2D eigenvalue weighted by molar-refractivity contribution is 5.89. The van der Waals surface area contributed by atoms with Gasteiger partial charge >= 0.3 is 0 Å². The second-order valence-electron chi connectivity index (χ2n) is 2.54. The van der Waals surface area contributed by atoms with Crippen LogP contribution in [0.5, 0.6) is 0 Å². The number of amides is 1. The predicted molar refractivity (Wildman–Crippen MR) is 55.9 cm³/mol. The molecule has 0 spiro atoms. The maximum absolute atomic E-state index is 10.7. The normalized spacial score (nSPS) is 8.77. The Kier molecular flexibility index (Phi) is 5.11. The minimum atomic E-state index is -0.0732. The number of nitrogens with two attached hydrogens (primary N) is 1. The highest BCUT2D eigenvalue weighted by Gasteiger charge is 1.99. The van der Waals surface area contributed by atoms with E-state index in [4.69, 9.17) is 5.73 Å². The van der Waals surface area contributed by atoms with Gasteiger partial charge in [0.1, 0.15) is 0 Å². The molecule has 0 aliphatic heterocycles. The number of rotatable bonds is 2. The molecule has 4 heteroatoms. The van der Waals surface area contributed by atoms with Crippen LogP contribution in [0.1, 0.15) is 12.5 Å². The van der Waals surface area contributed by atoms with Crippen molar-refractivity contribution in [2.75, 3.05) is 5.32 Å². The third kappa shape index (κ3) is 3.44. The molecule has 0 heterocycles. The van der Waals surface area contributed by atoms with Gasteiger partial charge in [0.2, 0.25) is 5.91 Å². The Balaban J connectivity index is 0.00000144. The lowest BCUT2D eigenvalue weighted by molar-refractivity contribution is -0.114. The van der Waals surface area contributed by atoms with Crippen LogP contribution in [-0.2, 0) is 11.3 Å². The number of anilines is 1. The Morgan fingerprint density at radius 1 is 1.46 bits per heavy atom. The molecule has 0 bridgehead atoms.